The zero-order chi connectivity index (χ0) is 13.1. The number of nitrogens with zero attached hydrogens (tertiary/aromatic N) is 1. The van der Waals surface area contributed by atoms with E-state index in [-0.39, 0.29) is 5.82 Å². The Hall–Kier alpha value is -0.910. The minimum atomic E-state index is -0.710. The Morgan fingerprint density at radius 2 is 2.11 bits per heavy atom. The highest BCUT2D eigenvalue weighted by Gasteiger charge is 2.11. The van der Waals surface area contributed by atoms with Gasteiger partial charge in [-0.2, -0.15) is 0 Å². The van der Waals surface area contributed by atoms with Crippen molar-refractivity contribution in [3.05, 3.63) is 52.4 Å². The monoisotopic (exact) mass is 327 g/mol. The first-order chi connectivity index (χ1) is 8.56. The van der Waals surface area contributed by atoms with Crippen molar-refractivity contribution < 1.29 is 9.50 Å². The van der Waals surface area contributed by atoms with E-state index in [1.165, 1.54) is 23.9 Å². The maximum Gasteiger partial charge on any atom is 0.123 e. The van der Waals surface area contributed by atoms with Gasteiger partial charge in [0, 0.05) is 15.6 Å². The molecule has 18 heavy (non-hydrogen) atoms. The van der Waals surface area contributed by atoms with E-state index in [0.29, 0.717) is 5.56 Å². The molecule has 0 spiro atoms. The number of halogens is 2. The van der Waals surface area contributed by atoms with Gasteiger partial charge >= 0.3 is 0 Å². The molecule has 1 heterocycles. The topological polar surface area (TPSA) is 33.1 Å². The second kappa shape index (κ2) is 5.82. The number of rotatable bonds is 3. The second-order valence-electron chi connectivity index (χ2n) is 3.77. The summed E-state index contributed by atoms with van der Waals surface area (Å²) in [7, 11) is 0. The zero-order valence-electron chi connectivity index (χ0n) is 9.60. The number of aliphatic hydroxyl groups is 1. The second-order valence-corrected chi connectivity index (χ2v) is 5.75. The van der Waals surface area contributed by atoms with Gasteiger partial charge in [0.2, 0.25) is 0 Å². The summed E-state index contributed by atoms with van der Waals surface area (Å²) in [5, 5.41) is 10.4. The molecule has 0 aliphatic rings. The average Bonchev–Trinajstić information content (AvgIpc) is 2.34. The Labute approximate surface area is 117 Å². The standard InChI is InChI=1S/C13H11BrFNOS/c1-8(17)11-6-10(15)3-4-12(11)18-13-5-2-9(14)7-16-13/h2-8,17H,1H3/t8-/m0/s1. The third-order valence-electron chi connectivity index (χ3n) is 2.34. The third-order valence-corrected chi connectivity index (χ3v) is 3.85. The average molecular weight is 328 g/mol. The Kier molecular flexibility index (Phi) is 4.37. The lowest BCUT2D eigenvalue weighted by Gasteiger charge is -2.11. The van der Waals surface area contributed by atoms with Crippen LogP contribution in [0.4, 0.5) is 4.39 Å². The van der Waals surface area contributed by atoms with Crippen LogP contribution in [-0.4, -0.2) is 10.1 Å². The van der Waals surface area contributed by atoms with Crippen LogP contribution in [0.15, 0.2) is 50.9 Å². The summed E-state index contributed by atoms with van der Waals surface area (Å²) in [5.74, 6) is -0.348. The summed E-state index contributed by atoms with van der Waals surface area (Å²) in [6, 6.07) is 8.15. The van der Waals surface area contributed by atoms with Crippen molar-refractivity contribution in [2.24, 2.45) is 0 Å². The Balaban J connectivity index is 2.31. The molecule has 0 aliphatic heterocycles. The van der Waals surface area contributed by atoms with Crippen molar-refractivity contribution >= 4 is 27.7 Å². The largest absolute Gasteiger partial charge is 0.389 e. The number of benzene rings is 1. The number of aromatic nitrogens is 1. The van der Waals surface area contributed by atoms with Crippen LogP contribution in [0.1, 0.15) is 18.6 Å². The molecule has 0 saturated heterocycles. The van der Waals surface area contributed by atoms with Gasteiger partial charge in [-0.15, -0.1) is 0 Å². The minimum Gasteiger partial charge on any atom is -0.389 e. The lowest BCUT2D eigenvalue weighted by Crippen LogP contribution is -1.95. The van der Waals surface area contributed by atoms with Crippen molar-refractivity contribution in [1.29, 1.82) is 0 Å². The summed E-state index contributed by atoms with van der Waals surface area (Å²) in [5.41, 5.74) is 0.574. The number of hydrogen-bond acceptors (Lipinski definition) is 3. The summed E-state index contributed by atoms with van der Waals surface area (Å²) in [4.78, 5) is 5.04. The summed E-state index contributed by atoms with van der Waals surface area (Å²) >= 11 is 4.72. The van der Waals surface area contributed by atoms with Crippen molar-refractivity contribution in [3.63, 3.8) is 0 Å². The predicted molar refractivity (Wildman–Crippen MR) is 73.1 cm³/mol. The van der Waals surface area contributed by atoms with Crippen LogP contribution in [0.2, 0.25) is 0 Å². The van der Waals surface area contributed by atoms with Gasteiger partial charge in [-0.05, 0) is 58.7 Å². The first kappa shape index (κ1) is 13.5. The zero-order valence-corrected chi connectivity index (χ0v) is 12.0. The highest BCUT2D eigenvalue weighted by Crippen LogP contribution is 2.33. The Bertz CT molecular complexity index is 545. The molecule has 1 atom stereocenters. The smallest absolute Gasteiger partial charge is 0.123 e. The maximum absolute atomic E-state index is 13.2. The number of aliphatic hydroxyl groups excluding tert-OH is 1. The fourth-order valence-electron chi connectivity index (χ4n) is 1.47. The van der Waals surface area contributed by atoms with Crippen molar-refractivity contribution in [2.45, 2.75) is 22.9 Å². The van der Waals surface area contributed by atoms with E-state index in [1.54, 1.807) is 19.2 Å². The molecule has 2 nitrogen and oxygen atoms in total. The van der Waals surface area contributed by atoms with Gasteiger partial charge < -0.3 is 5.11 Å². The van der Waals surface area contributed by atoms with Gasteiger partial charge in [-0.1, -0.05) is 11.8 Å². The lowest BCUT2D eigenvalue weighted by atomic mass is 10.1. The minimum absolute atomic E-state index is 0.348. The van der Waals surface area contributed by atoms with E-state index in [0.717, 1.165) is 14.4 Å². The first-order valence-corrected chi connectivity index (χ1v) is 6.94. The van der Waals surface area contributed by atoms with Crippen LogP contribution in [0.5, 0.6) is 0 Å². The lowest BCUT2D eigenvalue weighted by molar-refractivity contribution is 0.196. The van der Waals surface area contributed by atoms with Gasteiger partial charge in [0.15, 0.2) is 0 Å². The molecule has 94 valence electrons. The molecule has 1 aromatic heterocycles. The molecule has 0 bridgehead atoms. The van der Waals surface area contributed by atoms with E-state index in [2.05, 4.69) is 20.9 Å². The fraction of sp³-hybridized carbons (Fsp3) is 0.154. The molecular weight excluding hydrogens is 317 g/mol. The highest BCUT2D eigenvalue weighted by atomic mass is 79.9. The van der Waals surface area contributed by atoms with Crippen molar-refractivity contribution in [3.8, 4) is 0 Å². The molecule has 5 heteroatoms. The van der Waals surface area contributed by atoms with Crippen LogP contribution in [-0.2, 0) is 0 Å². The molecule has 0 saturated carbocycles. The number of pyridine rings is 1. The van der Waals surface area contributed by atoms with Gasteiger partial charge in [-0.3, -0.25) is 0 Å². The van der Waals surface area contributed by atoms with Crippen LogP contribution in [0.3, 0.4) is 0 Å². The molecular formula is C13H11BrFNOS. The van der Waals surface area contributed by atoms with Gasteiger partial charge in [0.1, 0.15) is 10.8 Å². The molecule has 1 N–H and O–H groups in total. The fourth-order valence-corrected chi connectivity index (χ4v) is 2.66. The highest BCUT2D eigenvalue weighted by molar-refractivity contribution is 9.10. The molecule has 0 fully saturated rings. The molecule has 0 unspecified atom stereocenters. The normalized spacial score (nSPS) is 12.4. The van der Waals surface area contributed by atoms with Crippen LogP contribution >= 0.6 is 27.7 Å². The molecule has 0 aliphatic carbocycles. The molecule has 1 aromatic carbocycles. The summed E-state index contributed by atoms with van der Waals surface area (Å²) in [6.45, 7) is 1.62. The van der Waals surface area contributed by atoms with E-state index in [1.807, 2.05) is 12.1 Å². The van der Waals surface area contributed by atoms with Crippen LogP contribution < -0.4 is 0 Å². The van der Waals surface area contributed by atoms with Crippen molar-refractivity contribution in [1.82, 2.24) is 4.98 Å². The predicted octanol–water partition coefficient (Wildman–Crippen LogP) is 4.19. The van der Waals surface area contributed by atoms with E-state index < -0.39 is 6.10 Å². The van der Waals surface area contributed by atoms with E-state index in [4.69, 9.17) is 0 Å². The molecule has 2 rings (SSSR count). The molecule has 0 amide bonds. The van der Waals surface area contributed by atoms with Crippen LogP contribution in [0.25, 0.3) is 0 Å². The van der Waals surface area contributed by atoms with Crippen molar-refractivity contribution in [2.75, 3.05) is 0 Å². The van der Waals surface area contributed by atoms with Gasteiger partial charge in [0.05, 0.1) is 6.10 Å². The maximum atomic E-state index is 13.2. The third kappa shape index (κ3) is 3.31. The summed E-state index contributed by atoms with van der Waals surface area (Å²) < 4.78 is 14.1. The Morgan fingerprint density at radius 1 is 1.33 bits per heavy atom. The summed E-state index contributed by atoms with van der Waals surface area (Å²) in [6.07, 6.45) is 0.993. The number of hydrogen-bond donors (Lipinski definition) is 1. The quantitative estimate of drug-likeness (QED) is 0.917. The van der Waals surface area contributed by atoms with Gasteiger partial charge in [0.25, 0.3) is 0 Å². The Morgan fingerprint density at radius 3 is 2.72 bits per heavy atom. The molecule has 2 aromatic rings. The van der Waals surface area contributed by atoms with Gasteiger partial charge in [-0.25, -0.2) is 9.37 Å². The first-order valence-electron chi connectivity index (χ1n) is 5.33. The van der Waals surface area contributed by atoms with Crippen LogP contribution in [0, 0.1) is 5.82 Å². The van der Waals surface area contributed by atoms with E-state index >= 15 is 0 Å². The van der Waals surface area contributed by atoms with E-state index in [9.17, 15) is 9.50 Å². The molecule has 0 radical (unpaired) electrons. The SMILES string of the molecule is C[C@H](O)c1cc(F)ccc1Sc1ccc(Br)cn1.